The highest BCUT2D eigenvalue weighted by atomic mass is 16.2. The lowest BCUT2D eigenvalue weighted by molar-refractivity contribution is -0.125. The Hall–Kier alpha value is -1.88. The van der Waals surface area contributed by atoms with E-state index in [4.69, 9.17) is 0 Å². The standard InChI is InChI=1S/C18H25N3O2/c1-13(17(22)20-18(23)19-16-8-4-5-9-16)21-11-10-14-6-2-3-7-15(14)12-21/h2-3,6-7,13,16H,4-5,8-12H2,1H3,(H2,19,20,22,23)/t13-/m1/s1. The van der Waals surface area contributed by atoms with Gasteiger partial charge < -0.3 is 5.32 Å². The molecular weight excluding hydrogens is 290 g/mol. The van der Waals surface area contributed by atoms with Crippen LogP contribution in [0.2, 0.25) is 0 Å². The number of nitrogens with one attached hydrogen (secondary N) is 2. The molecule has 2 N–H and O–H groups in total. The molecule has 3 rings (SSSR count). The molecule has 0 aromatic heterocycles. The number of rotatable bonds is 3. The van der Waals surface area contributed by atoms with Crippen molar-refractivity contribution in [3.05, 3.63) is 35.4 Å². The van der Waals surface area contributed by atoms with E-state index in [0.29, 0.717) is 0 Å². The second-order valence-electron chi connectivity index (χ2n) is 6.61. The van der Waals surface area contributed by atoms with Gasteiger partial charge >= 0.3 is 6.03 Å². The van der Waals surface area contributed by atoms with Crippen molar-refractivity contribution in [3.63, 3.8) is 0 Å². The Bertz CT molecular complexity index is 581. The molecule has 5 heteroatoms. The molecule has 1 heterocycles. The van der Waals surface area contributed by atoms with Gasteiger partial charge in [-0.15, -0.1) is 0 Å². The quantitative estimate of drug-likeness (QED) is 0.899. The third-order valence-electron chi connectivity index (χ3n) is 5.01. The molecule has 1 aliphatic carbocycles. The Balaban J connectivity index is 1.52. The Morgan fingerprint density at radius 2 is 1.87 bits per heavy atom. The normalized spacial score (nSPS) is 19.9. The highest BCUT2D eigenvalue weighted by Gasteiger charge is 2.27. The number of imide groups is 1. The van der Waals surface area contributed by atoms with Gasteiger partial charge in [0.15, 0.2) is 0 Å². The molecule has 1 atom stereocenters. The first kappa shape index (κ1) is 16.0. The van der Waals surface area contributed by atoms with E-state index < -0.39 is 0 Å². The van der Waals surface area contributed by atoms with E-state index in [2.05, 4.69) is 33.7 Å². The molecule has 0 bridgehead atoms. The fourth-order valence-electron chi connectivity index (χ4n) is 3.52. The number of hydrogen-bond donors (Lipinski definition) is 2. The van der Waals surface area contributed by atoms with Crippen LogP contribution in [0, 0.1) is 0 Å². The van der Waals surface area contributed by atoms with Gasteiger partial charge in [0.05, 0.1) is 6.04 Å². The maximum atomic E-state index is 12.3. The van der Waals surface area contributed by atoms with E-state index in [-0.39, 0.29) is 24.0 Å². The van der Waals surface area contributed by atoms with Gasteiger partial charge in [-0.1, -0.05) is 37.1 Å². The van der Waals surface area contributed by atoms with Crippen LogP contribution in [-0.4, -0.2) is 35.5 Å². The van der Waals surface area contributed by atoms with Crippen molar-refractivity contribution in [1.29, 1.82) is 0 Å². The summed E-state index contributed by atoms with van der Waals surface area (Å²) in [6, 6.07) is 7.90. The average molecular weight is 315 g/mol. The van der Waals surface area contributed by atoms with Gasteiger partial charge in [-0.05, 0) is 37.3 Å². The fourth-order valence-corrected chi connectivity index (χ4v) is 3.52. The Morgan fingerprint density at radius 3 is 2.61 bits per heavy atom. The molecule has 3 amide bonds. The van der Waals surface area contributed by atoms with Gasteiger partial charge in [-0.25, -0.2) is 4.79 Å². The minimum Gasteiger partial charge on any atom is -0.335 e. The first-order chi connectivity index (χ1) is 11.1. The van der Waals surface area contributed by atoms with Crippen LogP contribution in [0.5, 0.6) is 0 Å². The number of urea groups is 1. The SMILES string of the molecule is C[C@H](C(=O)NC(=O)NC1CCCC1)N1CCc2ccccc2C1. The molecule has 1 fully saturated rings. The molecule has 0 saturated heterocycles. The summed E-state index contributed by atoms with van der Waals surface area (Å²) < 4.78 is 0. The molecule has 0 spiro atoms. The molecule has 1 aliphatic heterocycles. The van der Waals surface area contributed by atoms with E-state index in [1.807, 2.05) is 13.0 Å². The Morgan fingerprint density at radius 1 is 1.17 bits per heavy atom. The van der Waals surface area contributed by atoms with Crippen molar-refractivity contribution in [1.82, 2.24) is 15.5 Å². The van der Waals surface area contributed by atoms with Crippen molar-refractivity contribution in [2.75, 3.05) is 6.54 Å². The Kier molecular flexibility index (Phi) is 4.96. The monoisotopic (exact) mass is 315 g/mol. The van der Waals surface area contributed by atoms with Crippen LogP contribution in [-0.2, 0) is 17.8 Å². The van der Waals surface area contributed by atoms with Crippen molar-refractivity contribution < 1.29 is 9.59 Å². The molecule has 5 nitrogen and oxygen atoms in total. The van der Waals surface area contributed by atoms with E-state index in [1.165, 1.54) is 11.1 Å². The smallest absolute Gasteiger partial charge is 0.321 e. The van der Waals surface area contributed by atoms with Crippen molar-refractivity contribution in [2.24, 2.45) is 0 Å². The highest BCUT2D eigenvalue weighted by Crippen LogP contribution is 2.20. The second kappa shape index (κ2) is 7.13. The number of fused-ring (bicyclic) bond motifs is 1. The first-order valence-corrected chi connectivity index (χ1v) is 8.55. The predicted octanol–water partition coefficient (Wildman–Crippen LogP) is 2.20. The number of hydrogen-bond acceptors (Lipinski definition) is 3. The molecule has 1 aromatic rings. The van der Waals surface area contributed by atoms with Crippen LogP contribution < -0.4 is 10.6 Å². The van der Waals surface area contributed by atoms with E-state index in [9.17, 15) is 9.59 Å². The zero-order valence-electron chi connectivity index (χ0n) is 13.7. The number of amides is 3. The summed E-state index contributed by atoms with van der Waals surface area (Å²) in [6.45, 7) is 3.47. The van der Waals surface area contributed by atoms with Crippen LogP contribution in [0.25, 0.3) is 0 Å². The Labute approximate surface area is 137 Å². The molecular formula is C18H25N3O2. The van der Waals surface area contributed by atoms with Crippen LogP contribution in [0.3, 0.4) is 0 Å². The van der Waals surface area contributed by atoms with Gasteiger partial charge in [-0.3, -0.25) is 15.0 Å². The molecule has 0 unspecified atom stereocenters. The average Bonchev–Trinajstić information content (AvgIpc) is 3.06. The van der Waals surface area contributed by atoms with Gasteiger partial charge in [0.1, 0.15) is 0 Å². The summed E-state index contributed by atoms with van der Waals surface area (Å²) in [4.78, 5) is 26.4. The number of benzene rings is 1. The minimum atomic E-state index is -0.355. The third-order valence-corrected chi connectivity index (χ3v) is 5.01. The number of nitrogens with zero attached hydrogens (tertiary/aromatic N) is 1. The van der Waals surface area contributed by atoms with Crippen molar-refractivity contribution >= 4 is 11.9 Å². The van der Waals surface area contributed by atoms with Crippen molar-refractivity contribution in [3.8, 4) is 0 Å². The van der Waals surface area contributed by atoms with Crippen LogP contribution in [0.1, 0.15) is 43.7 Å². The van der Waals surface area contributed by atoms with E-state index >= 15 is 0 Å². The first-order valence-electron chi connectivity index (χ1n) is 8.55. The van der Waals surface area contributed by atoms with Crippen LogP contribution >= 0.6 is 0 Å². The zero-order chi connectivity index (χ0) is 16.2. The summed E-state index contributed by atoms with van der Waals surface area (Å²) in [7, 11) is 0. The summed E-state index contributed by atoms with van der Waals surface area (Å²) in [5.41, 5.74) is 2.63. The summed E-state index contributed by atoms with van der Waals surface area (Å²) in [5, 5.41) is 5.39. The molecule has 2 aliphatic rings. The van der Waals surface area contributed by atoms with E-state index in [1.54, 1.807) is 0 Å². The van der Waals surface area contributed by atoms with E-state index in [0.717, 1.165) is 45.2 Å². The summed E-state index contributed by atoms with van der Waals surface area (Å²) >= 11 is 0. The highest BCUT2D eigenvalue weighted by molar-refractivity contribution is 5.96. The maximum Gasteiger partial charge on any atom is 0.321 e. The molecule has 124 valence electrons. The second-order valence-corrected chi connectivity index (χ2v) is 6.61. The molecule has 0 radical (unpaired) electrons. The molecule has 23 heavy (non-hydrogen) atoms. The van der Waals surface area contributed by atoms with Gasteiger partial charge in [0, 0.05) is 19.1 Å². The van der Waals surface area contributed by atoms with Crippen molar-refractivity contribution in [2.45, 2.75) is 57.7 Å². The van der Waals surface area contributed by atoms with Gasteiger partial charge in [0.2, 0.25) is 5.91 Å². The predicted molar refractivity (Wildman–Crippen MR) is 88.9 cm³/mol. The third kappa shape index (κ3) is 3.91. The van der Waals surface area contributed by atoms with Crippen LogP contribution in [0.15, 0.2) is 24.3 Å². The van der Waals surface area contributed by atoms with Gasteiger partial charge in [0.25, 0.3) is 0 Å². The summed E-state index contributed by atoms with van der Waals surface area (Å²) in [6.07, 6.45) is 5.28. The number of carbonyl (C=O) groups is 2. The molecule has 1 saturated carbocycles. The lowest BCUT2D eigenvalue weighted by atomic mass is 9.99. The zero-order valence-corrected chi connectivity index (χ0v) is 13.7. The van der Waals surface area contributed by atoms with Gasteiger partial charge in [-0.2, -0.15) is 0 Å². The number of carbonyl (C=O) groups excluding carboxylic acids is 2. The topological polar surface area (TPSA) is 61.4 Å². The fraction of sp³-hybridized carbons (Fsp3) is 0.556. The maximum absolute atomic E-state index is 12.3. The summed E-state index contributed by atoms with van der Waals surface area (Å²) in [5.74, 6) is -0.222. The minimum absolute atomic E-state index is 0.222. The van der Waals surface area contributed by atoms with Crippen LogP contribution in [0.4, 0.5) is 4.79 Å². The largest absolute Gasteiger partial charge is 0.335 e. The lowest BCUT2D eigenvalue weighted by Crippen LogP contribution is -2.51. The lowest BCUT2D eigenvalue weighted by Gasteiger charge is -2.32. The molecule has 1 aromatic carbocycles.